The zero-order valence-electron chi connectivity index (χ0n) is 10.4. The molecule has 0 spiro atoms. The fourth-order valence-electron chi connectivity index (χ4n) is 2.37. The number of hydrogen-bond donors (Lipinski definition) is 1. The average Bonchev–Trinajstić information content (AvgIpc) is 2.24. The van der Waals surface area contributed by atoms with Crippen LogP contribution < -0.4 is 5.73 Å². The highest BCUT2D eigenvalue weighted by atomic mass is 16.5. The molecule has 2 atom stereocenters. The SMILES string of the molecule is CC(C)CCOCC1CCCCC1CN. The van der Waals surface area contributed by atoms with Gasteiger partial charge in [0.1, 0.15) is 0 Å². The molecule has 1 aliphatic rings. The van der Waals surface area contributed by atoms with E-state index in [9.17, 15) is 0 Å². The molecule has 0 aromatic heterocycles. The van der Waals surface area contributed by atoms with Gasteiger partial charge in [-0.15, -0.1) is 0 Å². The Labute approximate surface area is 94.6 Å². The van der Waals surface area contributed by atoms with Gasteiger partial charge in [-0.25, -0.2) is 0 Å². The van der Waals surface area contributed by atoms with Gasteiger partial charge in [-0.2, -0.15) is 0 Å². The summed E-state index contributed by atoms with van der Waals surface area (Å²) in [5.41, 5.74) is 5.79. The third kappa shape index (κ3) is 4.98. The summed E-state index contributed by atoms with van der Waals surface area (Å²) in [7, 11) is 0. The largest absolute Gasteiger partial charge is 0.381 e. The van der Waals surface area contributed by atoms with Gasteiger partial charge in [-0.05, 0) is 43.6 Å². The molecule has 0 heterocycles. The Balaban J connectivity index is 2.12. The molecule has 1 rings (SSSR count). The summed E-state index contributed by atoms with van der Waals surface area (Å²) in [5, 5.41) is 0. The lowest BCUT2D eigenvalue weighted by Gasteiger charge is -2.30. The van der Waals surface area contributed by atoms with Crippen molar-refractivity contribution >= 4 is 0 Å². The molecule has 2 N–H and O–H groups in total. The van der Waals surface area contributed by atoms with Crippen LogP contribution in [0.5, 0.6) is 0 Å². The Kier molecular flexibility index (Phi) is 6.26. The number of nitrogens with two attached hydrogens (primary N) is 1. The Bertz CT molecular complexity index is 159. The van der Waals surface area contributed by atoms with Crippen LogP contribution in [0.25, 0.3) is 0 Å². The van der Waals surface area contributed by atoms with Gasteiger partial charge in [0.15, 0.2) is 0 Å². The lowest BCUT2D eigenvalue weighted by molar-refractivity contribution is 0.0556. The van der Waals surface area contributed by atoms with Crippen LogP contribution in [0.4, 0.5) is 0 Å². The maximum absolute atomic E-state index is 5.79. The lowest BCUT2D eigenvalue weighted by atomic mass is 9.80. The Morgan fingerprint density at radius 2 is 1.87 bits per heavy atom. The van der Waals surface area contributed by atoms with E-state index in [-0.39, 0.29) is 0 Å². The highest BCUT2D eigenvalue weighted by molar-refractivity contribution is 4.75. The van der Waals surface area contributed by atoms with Crippen LogP contribution in [0.2, 0.25) is 0 Å². The molecule has 1 saturated carbocycles. The zero-order valence-corrected chi connectivity index (χ0v) is 10.4. The molecule has 90 valence electrons. The normalized spacial score (nSPS) is 27.2. The first-order valence-electron chi connectivity index (χ1n) is 6.51. The predicted octanol–water partition coefficient (Wildman–Crippen LogP) is 2.81. The maximum Gasteiger partial charge on any atom is 0.0497 e. The molecule has 1 aliphatic carbocycles. The van der Waals surface area contributed by atoms with Crippen LogP contribution in [0.15, 0.2) is 0 Å². The number of hydrogen-bond acceptors (Lipinski definition) is 2. The minimum atomic E-state index is 0.720. The molecule has 0 bridgehead atoms. The number of rotatable bonds is 6. The van der Waals surface area contributed by atoms with Crippen LogP contribution in [0.3, 0.4) is 0 Å². The second kappa shape index (κ2) is 7.24. The molecule has 1 fully saturated rings. The Morgan fingerprint density at radius 3 is 2.47 bits per heavy atom. The van der Waals surface area contributed by atoms with Crippen molar-refractivity contribution in [3.05, 3.63) is 0 Å². The first-order valence-corrected chi connectivity index (χ1v) is 6.51. The third-order valence-corrected chi connectivity index (χ3v) is 3.54. The highest BCUT2D eigenvalue weighted by Gasteiger charge is 2.23. The quantitative estimate of drug-likeness (QED) is 0.689. The van der Waals surface area contributed by atoms with Crippen molar-refractivity contribution in [3.8, 4) is 0 Å². The monoisotopic (exact) mass is 213 g/mol. The maximum atomic E-state index is 5.79. The molecule has 2 unspecified atom stereocenters. The van der Waals surface area contributed by atoms with E-state index in [2.05, 4.69) is 13.8 Å². The molecule has 0 radical (unpaired) electrons. The first kappa shape index (κ1) is 13.0. The van der Waals surface area contributed by atoms with Crippen molar-refractivity contribution in [1.29, 1.82) is 0 Å². The predicted molar refractivity (Wildman–Crippen MR) is 64.8 cm³/mol. The van der Waals surface area contributed by atoms with Crippen molar-refractivity contribution in [2.75, 3.05) is 19.8 Å². The summed E-state index contributed by atoms with van der Waals surface area (Å²) in [6.45, 7) is 7.19. The molecule has 2 nitrogen and oxygen atoms in total. The average molecular weight is 213 g/mol. The van der Waals surface area contributed by atoms with E-state index in [0.717, 1.165) is 37.5 Å². The molecular formula is C13H27NO. The summed E-state index contributed by atoms with van der Waals surface area (Å²) in [5.74, 6) is 2.20. The second-order valence-electron chi connectivity index (χ2n) is 5.30. The summed E-state index contributed by atoms with van der Waals surface area (Å²) >= 11 is 0. The zero-order chi connectivity index (χ0) is 11.1. The van der Waals surface area contributed by atoms with Crippen molar-refractivity contribution in [3.63, 3.8) is 0 Å². The van der Waals surface area contributed by atoms with E-state index in [1.54, 1.807) is 0 Å². The molecule has 0 aromatic rings. The fourth-order valence-corrected chi connectivity index (χ4v) is 2.37. The molecule has 2 heteroatoms. The second-order valence-corrected chi connectivity index (χ2v) is 5.30. The minimum absolute atomic E-state index is 0.720. The van der Waals surface area contributed by atoms with Gasteiger partial charge in [-0.1, -0.05) is 26.7 Å². The molecule has 0 saturated heterocycles. The van der Waals surface area contributed by atoms with E-state index < -0.39 is 0 Å². The number of ether oxygens (including phenoxy) is 1. The topological polar surface area (TPSA) is 35.2 Å². The fraction of sp³-hybridized carbons (Fsp3) is 1.00. The van der Waals surface area contributed by atoms with Crippen molar-refractivity contribution in [2.24, 2.45) is 23.5 Å². The summed E-state index contributed by atoms with van der Waals surface area (Å²) in [6.07, 6.45) is 6.55. The third-order valence-electron chi connectivity index (χ3n) is 3.54. The summed E-state index contributed by atoms with van der Waals surface area (Å²) in [6, 6.07) is 0. The lowest BCUT2D eigenvalue weighted by Crippen LogP contribution is -2.30. The van der Waals surface area contributed by atoms with Gasteiger partial charge in [0.05, 0.1) is 0 Å². The Hall–Kier alpha value is -0.0800. The first-order chi connectivity index (χ1) is 7.24. The van der Waals surface area contributed by atoms with Gasteiger partial charge in [-0.3, -0.25) is 0 Å². The van der Waals surface area contributed by atoms with Gasteiger partial charge in [0.25, 0.3) is 0 Å². The van der Waals surface area contributed by atoms with E-state index in [0.29, 0.717) is 0 Å². The van der Waals surface area contributed by atoms with Crippen molar-refractivity contribution < 1.29 is 4.74 Å². The molecule has 0 aromatic carbocycles. The van der Waals surface area contributed by atoms with Gasteiger partial charge in [0, 0.05) is 13.2 Å². The molecular weight excluding hydrogens is 186 g/mol. The van der Waals surface area contributed by atoms with Crippen LogP contribution in [0.1, 0.15) is 46.0 Å². The standard InChI is InChI=1S/C13H27NO/c1-11(2)7-8-15-10-13-6-4-3-5-12(13)9-14/h11-13H,3-10,14H2,1-2H3. The van der Waals surface area contributed by atoms with Crippen LogP contribution >= 0.6 is 0 Å². The van der Waals surface area contributed by atoms with Gasteiger partial charge in [0.2, 0.25) is 0 Å². The molecule has 0 amide bonds. The van der Waals surface area contributed by atoms with Gasteiger partial charge < -0.3 is 10.5 Å². The van der Waals surface area contributed by atoms with Crippen molar-refractivity contribution in [1.82, 2.24) is 0 Å². The molecule has 0 aliphatic heterocycles. The summed E-state index contributed by atoms with van der Waals surface area (Å²) in [4.78, 5) is 0. The van der Waals surface area contributed by atoms with E-state index in [1.165, 1.54) is 32.1 Å². The van der Waals surface area contributed by atoms with E-state index in [4.69, 9.17) is 10.5 Å². The Morgan fingerprint density at radius 1 is 1.20 bits per heavy atom. The van der Waals surface area contributed by atoms with E-state index >= 15 is 0 Å². The minimum Gasteiger partial charge on any atom is -0.381 e. The van der Waals surface area contributed by atoms with Crippen molar-refractivity contribution in [2.45, 2.75) is 46.0 Å². The summed E-state index contributed by atoms with van der Waals surface area (Å²) < 4.78 is 5.76. The highest BCUT2D eigenvalue weighted by Crippen LogP contribution is 2.29. The van der Waals surface area contributed by atoms with E-state index in [1.807, 2.05) is 0 Å². The van der Waals surface area contributed by atoms with Gasteiger partial charge >= 0.3 is 0 Å². The molecule has 15 heavy (non-hydrogen) atoms. The smallest absolute Gasteiger partial charge is 0.0497 e. The van der Waals surface area contributed by atoms with Crippen LogP contribution in [0, 0.1) is 17.8 Å². The van der Waals surface area contributed by atoms with Crippen LogP contribution in [-0.4, -0.2) is 19.8 Å². The van der Waals surface area contributed by atoms with Crippen LogP contribution in [-0.2, 0) is 4.74 Å².